The van der Waals surface area contributed by atoms with Gasteiger partial charge in [-0.25, -0.2) is 4.98 Å². The third-order valence-electron chi connectivity index (χ3n) is 3.12. The number of halogens is 1. The molecule has 0 aromatic carbocycles. The molecule has 0 saturated heterocycles. The molecular formula is C12H12BrN3O2S. The van der Waals surface area contributed by atoms with E-state index in [1.54, 1.807) is 25.1 Å². The van der Waals surface area contributed by atoms with Crippen molar-refractivity contribution in [3.05, 3.63) is 27.0 Å². The van der Waals surface area contributed by atoms with Gasteiger partial charge in [0.05, 0.1) is 15.7 Å². The molecular weight excluding hydrogens is 330 g/mol. The number of amides is 1. The highest BCUT2D eigenvalue weighted by atomic mass is 79.9. The summed E-state index contributed by atoms with van der Waals surface area (Å²) in [7, 11) is 1.72. The van der Waals surface area contributed by atoms with Crippen LogP contribution in [0.5, 0.6) is 0 Å². The quantitative estimate of drug-likeness (QED) is 0.858. The normalized spacial score (nSPS) is 14.7. The molecule has 0 radical (unpaired) electrons. The molecule has 2 heterocycles. The van der Waals surface area contributed by atoms with Gasteiger partial charge in [-0.3, -0.25) is 9.69 Å². The van der Waals surface area contributed by atoms with Gasteiger partial charge in [-0.2, -0.15) is 0 Å². The second-order valence-corrected chi connectivity index (χ2v) is 6.97. The smallest absolute Gasteiger partial charge is 0.265 e. The monoisotopic (exact) mass is 341 g/mol. The summed E-state index contributed by atoms with van der Waals surface area (Å²) in [6.07, 6.45) is 3.85. The van der Waals surface area contributed by atoms with E-state index < -0.39 is 0 Å². The van der Waals surface area contributed by atoms with E-state index in [0.717, 1.165) is 22.3 Å². The van der Waals surface area contributed by atoms with Crippen molar-refractivity contribution in [1.82, 2.24) is 10.1 Å². The summed E-state index contributed by atoms with van der Waals surface area (Å²) in [5.74, 6) is 0.852. The molecule has 0 atom stereocenters. The molecule has 1 aliphatic carbocycles. The lowest BCUT2D eigenvalue weighted by molar-refractivity contribution is 0.0990. The lowest BCUT2D eigenvalue weighted by Gasteiger charge is -2.13. The number of rotatable bonds is 3. The van der Waals surface area contributed by atoms with Gasteiger partial charge in [0.25, 0.3) is 5.91 Å². The highest BCUT2D eigenvalue weighted by Gasteiger charge is 2.34. The first kappa shape index (κ1) is 12.8. The SMILES string of the molecule is Cc1onc(C2CC2)c1C(=O)N(C)c1ncc(Br)s1. The van der Waals surface area contributed by atoms with Crippen LogP contribution in [0.3, 0.4) is 0 Å². The zero-order valence-corrected chi connectivity index (χ0v) is 12.9. The van der Waals surface area contributed by atoms with E-state index in [4.69, 9.17) is 4.52 Å². The summed E-state index contributed by atoms with van der Waals surface area (Å²) in [6, 6.07) is 0. The average molecular weight is 342 g/mol. The molecule has 1 aliphatic rings. The highest BCUT2D eigenvalue weighted by Crippen LogP contribution is 2.42. The first-order valence-electron chi connectivity index (χ1n) is 5.93. The summed E-state index contributed by atoms with van der Waals surface area (Å²) < 4.78 is 6.08. The van der Waals surface area contributed by atoms with Crippen LogP contribution in [-0.2, 0) is 0 Å². The van der Waals surface area contributed by atoms with Crippen molar-refractivity contribution in [2.24, 2.45) is 0 Å². The third-order valence-corrected chi connectivity index (χ3v) is 4.68. The molecule has 0 N–H and O–H groups in total. The Morgan fingerprint density at radius 2 is 2.32 bits per heavy atom. The first-order chi connectivity index (χ1) is 9.08. The van der Waals surface area contributed by atoms with Gasteiger partial charge < -0.3 is 4.52 Å². The van der Waals surface area contributed by atoms with Crippen molar-refractivity contribution >= 4 is 38.3 Å². The maximum Gasteiger partial charge on any atom is 0.265 e. The summed E-state index contributed by atoms with van der Waals surface area (Å²) in [5.41, 5.74) is 1.39. The number of hydrogen-bond acceptors (Lipinski definition) is 5. The van der Waals surface area contributed by atoms with E-state index in [2.05, 4.69) is 26.1 Å². The van der Waals surface area contributed by atoms with Gasteiger partial charge >= 0.3 is 0 Å². The number of hydrogen-bond donors (Lipinski definition) is 0. The van der Waals surface area contributed by atoms with Crippen molar-refractivity contribution in [3.8, 4) is 0 Å². The van der Waals surface area contributed by atoms with Crippen LogP contribution in [0.1, 0.15) is 40.6 Å². The number of carbonyl (C=O) groups excluding carboxylic acids is 1. The highest BCUT2D eigenvalue weighted by molar-refractivity contribution is 9.11. The molecule has 3 rings (SSSR count). The Morgan fingerprint density at radius 1 is 1.58 bits per heavy atom. The van der Waals surface area contributed by atoms with Gasteiger partial charge in [0.15, 0.2) is 5.13 Å². The molecule has 2 aromatic rings. The van der Waals surface area contributed by atoms with E-state index in [1.165, 1.54) is 11.3 Å². The van der Waals surface area contributed by atoms with Gasteiger partial charge in [-0.05, 0) is 35.7 Å². The Bertz CT molecular complexity index is 633. The van der Waals surface area contributed by atoms with Crippen molar-refractivity contribution in [1.29, 1.82) is 0 Å². The number of nitrogens with zero attached hydrogens (tertiary/aromatic N) is 3. The second-order valence-electron chi connectivity index (χ2n) is 4.58. The minimum Gasteiger partial charge on any atom is -0.361 e. The standard InChI is InChI=1S/C12H12BrN3O2S/c1-6-9(10(15-18-6)7-3-4-7)11(17)16(2)12-14-5-8(13)19-12/h5,7H,3-4H2,1-2H3. The summed E-state index contributed by atoms with van der Waals surface area (Å²) >= 11 is 4.76. The fourth-order valence-electron chi connectivity index (χ4n) is 1.94. The van der Waals surface area contributed by atoms with Crippen LogP contribution in [0.4, 0.5) is 5.13 Å². The predicted octanol–water partition coefficient (Wildman–Crippen LogP) is 3.36. The van der Waals surface area contributed by atoms with Crippen LogP contribution in [0.2, 0.25) is 0 Å². The van der Waals surface area contributed by atoms with E-state index >= 15 is 0 Å². The molecule has 19 heavy (non-hydrogen) atoms. The zero-order valence-electron chi connectivity index (χ0n) is 10.5. The second kappa shape index (κ2) is 4.72. The first-order valence-corrected chi connectivity index (χ1v) is 7.54. The van der Waals surface area contributed by atoms with Gasteiger partial charge in [0.1, 0.15) is 11.3 Å². The average Bonchev–Trinajstić information content (AvgIpc) is 3.03. The molecule has 1 saturated carbocycles. The Kier molecular flexibility index (Phi) is 3.18. The number of carbonyl (C=O) groups is 1. The number of anilines is 1. The van der Waals surface area contributed by atoms with Crippen LogP contribution in [0.25, 0.3) is 0 Å². The molecule has 0 spiro atoms. The molecule has 2 aromatic heterocycles. The lowest BCUT2D eigenvalue weighted by Crippen LogP contribution is -2.27. The molecule has 0 aliphatic heterocycles. The topological polar surface area (TPSA) is 59.2 Å². The van der Waals surface area contributed by atoms with Crippen molar-refractivity contribution in [2.75, 3.05) is 11.9 Å². The molecule has 1 amide bonds. The zero-order chi connectivity index (χ0) is 13.6. The van der Waals surface area contributed by atoms with Crippen LogP contribution < -0.4 is 4.90 Å². The largest absolute Gasteiger partial charge is 0.361 e. The summed E-state index contributed by atoms with van der Waals surface area (Å²) in [6.45, 7) is 1.78. The molecule has 1 fully saturated rings. The predicted molar refractivity (Wildman–Crippen MR) is 75.8 cm³/mol. The van der Waals surface area contributed by atoms with Gasteiger partial charge in [0, 0.05) is 13.0 Å². The van der Waals surface area contributed by atoms with Crippen LogP contribution in [0, 0.1) is 6.92 Å². The van der Waals surface area contributed by atoms with E-state index in [9.17, 15) is 4.79 Å². The van der Waals surface area contributed by atoms with Crippen LogP contribution >= 0.6 is 27.3 Å². The molecule has 0 bridgehead atoms. The van der Waals surface area contributed by atoms with Crippen molar-refractivity contribution < 1.29 is 9.32 Å². The Hall–Kier alpha value is -1.21. The maximum absolute atomic E-state index is 12.6. The maximum atomic E-state index is 12.6. The molecule has 5 nitrogen and oxygen atoms in total. The number of thiazole rings is 1. The fourth-order valence-corrected chi connectivity index (χ4v) is 3.08. The summed E-state index contributed by atoms with van der Waals surface area (Å²) in [5, 5.41) is 4.68. The van der Waals surface area contributed by atoms with E-state index in [-0.39, 0.29) is 5.91 Å². The van der Waals surface area contributed by atoms with E-state index in [1.807, 2.05) is 0 Å². The van der Waals surface area contributed by atoms with Crippen LogP contribution in [-0.4, -0.2) is 23.1 Å². The van der Waals surface area contributed by atoms with Gasteiger partial charge in [-0.15, -0.1) is 0 Å². The number of aromatic nitrogens is 2. The third kappa shape index (κ3) is 2.32. The van der Waals surface area contributed by atoms with E-state index in [0.29, 0.717) is 22.4 Å². The molecule has 7 heteroatoms. The van der Waals surface area contributed by atoms with Gasteiger partial charge in [0.2, 0.25) is 0 Å². The van der Waals surface area contributed by atoms with Crippen molar-refractivity contribution in [3.63, 3.8) is 0 Å². The Labute approximate surface area is 122 Å². The lowest BCUT2D eigenvalue weighted by atomic mass is 10.1. The van der Waals surface area contributed by atoms with Crippen LogP contribution in [0.15, 0.2) is 14.5 Å². The minimum atomic E-state index is -0.109. The molecule has 100 valence electrons. The summed E-state index contributed by atoms with van der Waals surface area (Å²) in [4.78, 5) is 18.3. The molecule has 0 unspecified atom stereocenters. The minimum absolute atomic E-state index is 0.109. The Morgan fingerprint density at radius 3 is 2.89 bits per heavy atom. The van der Waals surface area contributed by atoms with Gasteiger partial charge in [-0.1, -0.05) is 16.5 Å². The Balaban J connectivity index is 1.93. The van der Waals surface area contributed by atoms with Crippen molar-refractivity contribution in [2.45, 2.75) is 25.7 Å². The number of aryl methyl sites for hydroxylation is 1. The fraction of sp³-hybridized carbons (Fsp3) is 0.417.